The second kappa shape index (κ2) is 8.29. The molecule has 0 aromatic heterocycles. The predicted molar refractivity (Wildman–Crippen MR) is 82.2 cm³/mol. The van der Waals surface area contributed by atoms with Gasteiger partial charge >= 0.3 is 12.0 Å². The molecule has 0 aliphatic carbocycles. The minimum Gasteiger partial charge on any atom is -0.480 e. The third-order valence-corrected chi connectivity index (χ3v) is 3.31. The summed E-state index contributed by atoms with van der Waals surface area (Å²) in [6.07, 6.45) is 1.67. The Morgan fingerprint density at radius 2 is 1.71 bits per heavy atom. The quantitative estimate of drug-likeness (QED) is 0.722. The molecule has 0 saturated carbocycles. The number of nitrogens with one attached hydrogen (secondary N) is 2. The van der Waals surface area contributed by atoms with Crippen LogP contribution in [0.1, 0.15) is 32.8 Å². The number of aryl methyl sites for hydroxylation is 1. The predicted octanol–water partition coefficient (Wildman–Crippen LogP) is 2.42. The van der Waals surface area contributed by atoms with Crippen LogP contribution in [0, 0.1) is 5.92 Å². The lowest BCUT2D eigenvalue weighted by molar-refractivity contribution is -0.140. The van der Waals surface area contributed by atoms with E-state index in [0.29, 0.717) is 0 Å². The first-order valence-electron chi connectivity index (χ1n) is 7.24. The van der Waals surface area contributed by atoms with Gasteiger partial charge in [0.25, 0.3) is 0 Å². The molecule has 5 nitrogen and oxygen atoms in total. The van der Waals surface area contributed by atoms with Crippen LogP contribution in [0.15, 0.2) is 30.3 Å². The highest BCUT2D eigenvalue weighted by atomic mass is 16.4. The summed E-state index contributed by atoms with van der Waals surface area (Å²) in [6.45, 7) is 5.43. The van der Waals surface area contributed by atoms with Crippen LogP contribution in [0.25, 0.3) is 0 Å². The number of urea groups is 1. The maximum absolute atomic E-state index is 11.8. The van der Waals surface area contributed by atoms with Crippen molar-refractivity contribution in [1.82, 2.24) is 10.6 Å². The van der Waals surface area contributed by atoms with Crippen molar-refractivity contribution < 1.29 is 14.7 Å². The number of carbonyl (C=O) groups excluding carboxylic acids is 1. The molecule has 0 aliphatic rings. The van der Waals surface area contributed by atoms with Crippen LogP contribution >= 0.6 is 0 Å². The van der Waals surface area contributed by atoms with E-state index in [-0.39, 0.29) is 12.0 Å². The van der Waals surface area contributed by atoms with Crippen LogP contribution in [0.4, 0.5) is 4.79 Å². The summed E-state index contributed by atoms with van der Waals surface area (Å²) in [7, 11) is 0. The Bertz CT molecular complexity index is 460. The lowest BCUT2D eigenvalue weighted by Crippen LogP contribution is -2.50. The van der Waals surface area contributed by atoms with Crippen molar-refractivity contribution in [3.05, 3.63) is 35.9 Å². The number of hydrogen-bond donors (Lipinski definition) is 3. The normalized spacial score (nSPS) is 13.5. The first kappa shape index (κ1) is 17.0. The lowest BCUT2D eigenvalue weighted by Gasteiger charge is -2.20. The van der Waals surface area contributed by atoms with Crippen molar-refractivity contribution in [2.45, 2.75) is 45.7 Å². The topological polar surface area (TPSA) is 78.4 Å². The number of benzene rings is 1. The first-order valence-corrected chi connectivity index (χ1v) is 7.24. The fourth-order valence-corrected chi connectivity index (χ4v) is 2.02. The monoisotopic (exact) mass is 292 g/mol. The highest BCUT2D eigenvalue weighted by Gasteiger charge is 2.23. The number of rotatable bonds is 7. The number of carboxylic acid groups (broad SMARTS) is 1. The maximum Gasteiger partial charge on any atom is 0.326 e. The maximum atomic E-state index is 11.8. The molecular formula is C16H24N2O3. The van der Waals surface area contributed by atoms with E-state index in [4.69, 9.17) is 5.11 Å². The van der Waals surface area contributed by atoms with E-state index in [0.717, 1.165) is 12.8 Å². The lowest BCUT2D eigenvalue weighted by atomic mass is 10.0. The molecule has 0 aliphatic heterocycles. The number of aliphatic carboxylic acids is 1. The average molecular weight is 292 g/mol. The zero-order chi connectivity index (χ0) is 15.8. The Morgan fingerprint density at radius 1 is 1.10 bits per heavy atom. The van der Waals surface area contributed by atoms with Gasteiger partial charge in [0.2, 0.25) is 0 Å². The molecule has 2 unspecified atom stereocenters. The van der Waals surface area contributed by atoms with Gasteiger partial charge in [0.1, 0.15) is 6.04 Å². The van der Waals surface area contributed by atoms with Crippen molar-refractivity contribution in [2.24, 2.45) is 5.92 Å². The third kappa shape index (κ3) is 6.29. The zero-order valence-corrected chi connectivity index (χ0v) is 12.8. The molecular weight excluding hydrogens is 268 g/mol. The van der Waals surface area contributed by atoms with E-state index >= 15 is 0 Å². The van der Waals surface area contributed by atoms with Crippen molar-refractivity contribution >= 4 is 12.0 Å². The van der Waals surface area contributed by atoms with E-state index < -0.39 is 18.0 Å². The molecule has 0 saturated heterocycles. The number of amides is 2. The second-order valence-corrected chi connectivity index (χ2v) is 5.60. The largest absolute Gasteiger partial charge is 0.480 e. The van der Waals surface area contributed by atoms with Gasteiger partial charge in [-0.05, 0) is 31.2 Å². The SMILES string of the molecule is CC(CCc1ccccc1)NC(=O)NC(C(=O)O)C(C)C. The molecule has 116 valence electrons. The van der Waals surface area contributed by atoms with Crippen molar-refractivity contribution in [3.63, 3.8) is 0 Å². The van der Waals surface area contributed by atoms with Crippen LogP contribution in [-0.2, 0) is 11.2 Å². The minimum absolute atomic E-state index is 0.0215. The van der Waals surface area contributed by atoms with Gasteiger partial charge in [0.15, 0.2) is 0 Å². The van der Waals surface area contributed by atoms with Gasteiger partial charge in [-0.25, -0.2) is 9.59 Å². The van der Waals surface area contributed by atoms with Crippen LogP contribution in [-0.4, -0.2) is 29.2 Å². The molecule has 1 aromatic rings. The number of carboxylic acids is 1. The Balaban J connectivity index is 2.38. The third-order valence-electron chi connectivity index (χ3n) is 3.31. The minimum atomic E-state index is -1.02. The van der Waals surface area contributed by atoms with Crippen LogP contribution in [0.2, 0.25) is 0 Å². The van der Waals surface area contributed by atoms with Gasteiger partial charge in [0, 0.05) is 6.04 Å². The molecule has 0 radical (unpaired) electrons. The Labute approximate surface area is 125 Å². The molecule has 5 heteroatoms. The molecule has 2 atom stereocenters. The van der Waals surface area contributed by atoms with Gasteiger partial charge < -0.3 is 15.7 Å². The molecule has 3 N–H and O–H groups in total. The van der Waals surface area contributed by atoms with Crippen molar-refractivity contribution in [1.29, 1.82) is 0 Å². The summed E-state index contributed by atoms with van der Waals surface area (Å²) in [6, 6.07) is 8.71. The summed E-state index contributed by atoms with van der Waals surface area (Å²) in [5, 5.41) is 14.3. The van der Waals surface area contributed by atoms with Crippen molar-refractivity contribution in [3.8, 4) is 0 Å². The standard InChI is InChI=1S/C16H24N2O3/c1-11(2)14(15(19)20)18-16(21)17-12(3)9-10-13-7-5-4-6-8-13/h4-8,11-12,14H,9-10H2,1-3H3,(H,19,20)(H2,17,18,21). The fourth-order valence-electron chi connectivity index (χ4n) is 2.02. The van der Waals surface area contributed by atoms with Gasteiger partial charge in [-0.3, -0.25) is 0 Å². The highest BCUT2D eigenvalue weighted by Crippen LogP contribution is 2.05. The summed E-state index contributed by atoms with van der Waals surface area (Å²) in [5.41, 5.74) is 1.22. The Hall–Kier alpha value is -2.04. The summed E-state index contributed by atoms with van der Waals surface area (Å²) >= 11 is 0. The smallest absolute Gasteiger partial charge is 0.326 e. The first-order chi connectivity index (χ1) is 9.90. The molecule has 0 fully saturated rings. The number of carbonyl (C=O) groups is 2. The Morgan fingerprint density at radius 3 is 2.24 bits per heavy atom. The van der Waals surface area contributed by atoms with Crippen LogP contribution in [0.3, 0.4) is 0 Å². The van der Waals surface area contributed by atoms with Gasteiger partial charge in [-0.2, -0.15) is 0 Å². The summed E-state index contributed by atoms with van der Waals surface area (Å²) < 4.78 is 0. The molecule has 0 heterocycles. The van der Waals surface area contributed by atoms with Crippen LogP contribution < -0.4 is 10.6 Å². The zero-order valence-electron chi connectivity index (χ0n) is 12.8. The summed E-state index contributed by atoms with van der Waals surface area (Å²) in [5.74, 6) is -1.18. The van der Waals surface area contributed by atoms with Gasteiger partial charge in [-0.15, -0.1) is 0 Å². The van der Waals surface area contributed by atoms with E-state index in [1.54, 1.807) is 13.8 Å². The molecule has 0 bridgehead atoms. The summed E-state index contributed by atoms with van der Waals surface area (Å²) in [4.78, 5) is 22.8. The molecule has 1 aromatic carbocycles. The van der Waals surface area contributed by atoms with Gasteiger partial charge in [0.05, 0.1) is 0 Å². The van der Waals surface area contributed by atoms with E-state index in [2.05, 4.69) is 10.6 Å². The van der Waals surface area contributed by atoms with E-state index in [1.807, 2.05) is 37.3 Å². The molecule has 0 spiro atoms. The molecule has 1 rings (SSSR count). The van der Waals surface area contributed by atoms with Crippen molar-refractivity contribution in [2.75, 3.05) is 0 Å². The highest BCUT2D eigenvalue weighted by molar-refractivity contribution is 5.82. The molecule has 2 amide bonds. The van der Waals surface area contributed by atoms with Crippen LogP contribution in [0.5, 0.6) is 0 Å². The fraction of sp³-hybridized carbons (Fsp3) is 0.500. The average Bonchev–Trinajstić information content (AvgIpc) is 2.43. The molecule has 21 heavy (non-hydrogen) atoms. The van der Waals surface area contributed by atoms with E-state index in [1.165, 1.54) is 5.56 Å². The number of hydrogen-bond acceptors (Lipinski definition) is 2. The van der Waals surface area contributed by atoms with Gasteiger partial charge in [-0.1, -0.05) is 44.2 Å². The second-order valence-electron chi connectivity index (χ2n) is 5.60. The Kier molecular flexibility index (Phi) is 6.72. The van der Waals surface area contributed by atoms with E-state index in [9.17, 15) is 9.59 Å².